The fourth-order valence-corrected chi connectivity index (χ4v) is 3.86. The monoisotopic (exact) mass is 358 g/mol. The Morgan fingerprint density at radius 2 is 2.15 bits per heavy atom. The highest BCUT2D eigenvalue weighted by Gasteiger charge is 2.26. The van der Waals surface area contributed by atoms with E-state index in [-0.39, 0.29) is 5.82 Å². The van der Waals surface area contributed by atoms with Crippen molar-refractivity contribution in [2.24, 2.45) is 5.92 Å². The molecular weight excluding hydrogens is 343 g/mol. The van der Waals surface area contributed by atoms with Gasteiger partial charge in [-0.1, -0.05) is 12.8 Å². The van der Waals surface area contributed by atoms with Gasteiger partial charge in [0.2, 0.25) is 0 Å². The van der Waals surface area contributed by atoms with Crippen LogP contribution in [0.4, 0.5) is 4.39 Å². The third-order valence-corrected chi connectivity index (χ3v) is 5.26. The van der Waals surface area contributed by atoms with Gasteiger partial charge in [0.05, 0.1) is 21.4 Å². The molecule has 0 amide bonds. The fraction of sp³-hybridized carbons (Fsp3) is 0.533. The lowest BCUT2D eigenvalue weighted by atomic mass is 9.99. The van der Waals surface area contributed by atoms with Crippen LogP contribution in [0, 0.1) is 11.7 Å². The molecule has 0 radical (unpaired) electrons. The minimum atomic E-state index is -0.251. The lowest BCUT2D eigenvalue weighted by Crippen LogP contribution is -2.16. The van der Waals surface area contributed by atoms with Gasteiger partial charge >= 0.3 is 0 Å². The Kier molecular flexibility index (Phi) is 4.04. The second-order valence-corrected chi connectivity index (χ2v) is 6.69. The predicted octanol–water partition coefficient (Wildman–Crippen LogP) is 5.43. The summed E-state index contributed by atoms with van der Waals surface area (Å²) in [7, 11) is 0. The standard InChI is InChI=1S/C15H17BrClFN2/c1-9(10-4-2-3-5-10)20-14-7-12(18)11(16)6-13(14)19-15(20)8-17/h6-7,9-10H,2-5,8H2,1H3. The molecule has 1 aromatic carbocycles. The molecule has 1 aromatic heterocycles. The summed E-state index contributed by atoms with van der Waals surface area (Å²) in [5.74, 6) is 1.57. The van der Waals surface area contributed by atoms with Gasteiger partial charge in [0.1, 0.15) is 11.6 Å². The zero-order valence-electron chi connectivity index (χ0n) is 11.4. The smallest absolute Gasteiger partial charge is 0.139 e. The Morgan fingerprint density at radius 3 is 2.80 bits per heavy atom. The molecule has 1 unspecified atom stereocenters. The first-order valence-electron chi connectivity index (χ1n) is 7.03. The third kappa shape index (κ3) is 2.37. The van der Waals surface area contributed by atoms with Gasteiger partial charge in [-0.05, 0) is 47.7 Å². The van der Waals surface area contributed by atoms with Crippen LogP contribution in [-0.4, -0.2) is 9.55 Å². The van der Waals surface area contributed by atoms with Gasteiger partial charge in [-0.3, -0.25) is 0 Å². The maximum absolute atomic E-state index is 13.9. The third-order valence-electron chi connectivity index (χ3n) is 4.41. The van der Waals surface area contributed by atoms with E-state index in [1.54, 1.807) is 12.1 Å². The molecule has 20 heavy (non-hydrogen) atoms. The van der Waals surface area contributed by atoms with Crippen molar-refractivity contribution in [3.05, 3.63) is 28.2 Å². The summed E-state index contributed by atoms with van der Waals surface area (Å²) in [6.07, 6.45) is 5.05. The van der Waals surface area contributed by atoms with Crippen LogP contribution in [0.5, 0.6) is 0 Å². The summed E-state index contributed by atoms with van der Waals surface area (Å²) in [4.78, 5) is 4.56. The van der Waals surface area contributed by atoms with E-state index in [1.165, 1.54) is 25.7 Å². The topological polar surface area (TPSA) is 17.8 Å². The fourth-order valence-electron chi connectivity index (χ4n) is 3.34. The highest BCUT2D eigenvalue weighted by Crippen LogP contribution is 2.37. The van der Waals surface area contributed by atoms with E-state index in [0.717, 1.165) is 16.9 Å². The average Bonchev–Trinajstić information content (AvgIpc) is 3.06. The SMILES string of the molecule is CC(C1CCCC1)n1c(CCl)nc2cc(Br)c(F)cc21. The van der Waals surface area contributed by atoms with Crippen LogP contribution in [0.15, 0.2) is 16.6 Å². The zero-order valence-corrected chi connectivity index (χ0v) is 13.7. The average molecular weight is 360 g/mol. The molecule has 2 aromatic rings. The van der Waals surface area contributed by atoms with Gasteiger partial charge in [0.15, 0.2) is 0 Å². The van der Waals surface area contributed by atoms with E-state index >= 15 is 0 Å². The molecule has 0 aliphatic heterocycles. The molecule has 108 valence electrons. The molecule has 3 rings (SSSR count). The maximum Gasteiger partial charge on any atom is 0.139 e. The summed E-state index contributed by atoms with van der Waals surface area (Å²) in [5, 5.41) is 0. The lowest BCUT2D eigenvalue weighted by Gasteiger charge is -2.23. The number of halogens is 3. The normalized spacial score (nSPS) is 18.0. The summed E-state index contributed by atoms with van der Waals surface area (Å²) in [5.41, 5.74) is 1.65. The largest absolute Gasteiger partial charge is 0.324 e. The molecule has 1 fully saturated rings. The van der Waals surface area contributed by atoms with E-state index in [0.29, 0.717) is 22.3 Å². The Hall–Kier alpha value is -0.610. The maximum atomic E-state index is 13.9. The van der Waals surface area contributed by atoms with Crippen LogP contribution in [0.25, 0.3) is 11.0 Å². The Morgan fingerprint density at radius 1 is 1.45 bits per heavy atom. The summed E-state index contributed by atoms with van der Waals surface area (Å²) < 4.78 is 16.4. The Bertz CT molecular complexity index is 634. The number of hydrogen-bond acceptors (Lipinski definition) is 1. The van der Waals surface area contributed by atoms with Crippen molar-refractivity contribution in [2.45, 2.75) is 44.5 Å². The van der Waals surface area contributed by atoms with Crippen molar-refractivity contribution >= 4 is 38.6 Å². The first kappa shape index (κ1) is 14.3. The number of imidazole rings is 1. The molecule has 1 saturated carbocycles. The quantitative estimate of drug-likeness (QED) is 0.668. The highest BCUT2D eigenvalue weighted by molar-refractivity contribution is 9.10. The van der Waals surface area contributed by atoms with Crippen molar-refractivity contribution in [3.8, 4) is 0 Å². The van der Waals surface area contributed by atoms with E-state index in [1.807, 2.05) is 0 Å². The van der Waals surface area contributed by atoms with E-state index in [4.69, 9.17) is 11.6 Å². The van der Waals surface area contributed by atoms with Gasteiger partial charge in [-0.25, -0.2) is 9.37 Å². The Balaban J connectivity index is 2.13. The minimum Gasteiger partial charge on any atom is -0.324 e. The molecule has 0 saturated heterocycles. The van der Waals surface area contributed by atoms with Gasteiger partial charge in [-0.2, -0.15) is 0 Å². The zero-order chi connectivity index (χ0) is 14.3. The number of nitrogens with zero attached hydrogens (tertiary/aromatic N) is 2. The first-order chi connectivity index (χ1) is 9.61. The number of fused-ring (bicyclic) bond motifs is 1. The van der Waals surface area contributed by atoms with Crippen LogP contribution < -0.4 is 0 Å². The van der Waals surface area contributed by atoms with Crippen LogP contribution in [0.1, 0.15) is 44.5 Å². The van der Waals surface area contributed by atoms with Crippen LogP contribution in [-0.2, 0) is 5.88 Å². The number of hydrogen-bond donors (Lipinski definition) is 0. The van der Waals surface area contributed by atoms with Gasteiger partial charge in [0.25, 0.3) is 0 Å². The molecule has 1 atom stereocenters. The van der Waals surface area contributed by atoms with Crippen LogP contribution in [0.2, 0.25) is 0 Å². The van der Waals surface area contributed by atoms with Crippen LogP contribution in [0.3, 0.4) is 0 Å². The molecule has 5 heteroatoms. The second-order valence-electron chi connectivity index (χ2n) is 5.57. The summed E-state index contributed by atoms with van der Waals surface area (Å²) in [6.45, 7) is 2.20. The molecule has 1 aliphatic rings. The van der Waals surface area contributed by atoms with E-state index < -0.39 is 0 Å². The molecule has 1 aliphatic carbocycles. The van der Waals surface area contributed by atoms with E-state index in [9.17, 15) is 4.39 Å². The minimum absolute atomic E-state index is 0.251. The van der Waals surface area contributed by atoms with Crippen molar-refractivity contribution in [1.82, 2.24) is 9.55 Å². The van der Waals surface area contributed by atoms with E-state index in [2.05, 4.69) is 32.4 Å². The Labute approximate surface area is 131 Å². The van der Waals surface area contributed by atoms with Gasteiger partial charge in [-0.15, -0.1) is 11.6 Å². The number of benzene rings is 1. The molecule has 0 N–H and O–H groups in total. The van der Waals surface area contributed by atoms with Gasteiger partial charge in [0, 0.05) is 12.1 Å². The van der Waals surface area contributed by atoms with Crippen molar-refractivity contribution in [2.75, 3.05) is 0 Å². The molecule has 0 spiro atoms. The number of rotatable bonds is 3. The lowest BCUT2D eigenvalue weighted by molar-refractivity contribution is 0.361. The summed E-state index contributed by atoms with van der Waals surface area (Å²) >= 11 is 9.26. The molecule has 1 heterocycles. The molecule has 0 bridgehead atoms. The molecule has 2 nitrogen and oxygen atoms in total. The van der Waals surface area contributed by atoms with Crippen LogP contribution >= 0.6 is 27.5 Å². The molecular formula is C15H17BrClFN2. The van der Waals surface area contributed by atoms with Gasteiger partial charge < -0.3 is 4.57 Å². The van der Waals surface area contributed by atoms with Crippen molar-refractivity contribution in [1.29, 1.82) is 0 Å². The summed E-state index contributed by atoms with van der Waals surface area (Å²) in [6, 6.07) is 3.61. The predicted molar refractivity (Wildman–Crippen MR) is 83.6 cm³/mol. The number of alkyl halides is 1. The number of aromatic nitrogens is 2. The highest BCUT2D eigenvalue weighted by atomic mass is 79.9. The second kappa shape index (κ2) is 5.64. The first-order valence-corrected chi connectivity index (χ1v) is 8.36. The van der Waals surface area contributed by atoms with Crippen molar-refractivity contribution < 1.29 is 4.39 Å². The van der Waals surface area contributed by atoms with Crippen molar-refractivity contribution in [3.63, 3.8) is 0 Å².